The molecule has 0 saturated heterocycles. The normalized spacial score (nSPS) is 12.2. The van der Waals surface area contributed by atoms with E-state index in [0.29, 0.717) is 0 Å². The third-order valence-corrected chi connectivity index (χ3v) is 3.96. The van der Waals surface area contributed by atoms with Crippen LogP contribution in [0.4, 0.5) is 0 Å². The molecule has 3 rings (SSSR count). The standard InChI is InChI=1S/C18H21N3/c1-2-3-4-5-6-7-12-17-18-16-11-9-8-10-15(16)13-14-21(18)20-19-17/h8-11H,2-6,13-14H2,1H3. The fraction of sp³-hybridized carbons (Fsp3) is 0.444. The van der Waals surface area contributed by atoms with E-state index in [0.717, 1.165) is 30.8 Å². The summed E-state index contributed by atoms with van der Waals surface area (Å²) in [5, 5.41) is 8.52. The Morgan fingerprint density at radius 3 is 3.00 bits per heavy atom. The van der Waals surface area contributed by atoms with Gasteiger partial charge in [0.05, 0.1) is 0 Å². The minimum Gasteiger partial charge on any atom is -0.243 e. The summed E-state index contributed by atoms with van der Waals surface area (Å²) in [4.78, 5) is 0. The zero-order chi connectivity index (χ0) is 14.5. The molecule has 1 aliphatic rings. The highest BCUT2D eigenvalue weighted by Gasteiger charge is 2.20. The Bertz CT molecular complexity index is 673. The van der Waals surface area contributed by atoms with Crippen molar-refractivity contribution in [2.75, 3.05) is 0 Å². The maximum atomic E-state index is 4.27. The molecule has 3 heteroatoms. The van der Waals surface area contributed by atoms with Gasteiger partial charge in [-0.1, -0.05) is 61.6 Å². The molecule has 1 aromatic carbocycles. The van der Waals surface area contributed by atoms with E-state index in [1.54, 1.807) is 0 Å². The second kappa shape index (κ2) is 6.58. The van der Waals surface area contributed by atoms with Crippen molar-refractivity contribution in [3.8, 4) is 23.1 Å². The third kappa shape index (κ3) is 3.00. The molecule has 0 aliphatic carbocycles. The molecule has 2 heterocycles. The molecule has 0 N–H and O–H groups in total. The molecule has 0 bridgehead atoms. The second-order valence-corrected chi connectivity index (χ2v) is 5.53. The molecule has 0 spiro atoms. The number of rotatable bonds is 4. The molecule has 2 aromatic rings. The van der Waals surface area contributed by atoms with Crippen molar-refractivity contribution >= 4 is 0 Å². The summed E-state index contributed by atoms with van der Waals surface area (Å²) in [6, 6.07) is 8.50. The topological polar surface area (TPSA) is 30.7 Å². The van der Waals surface area contributed by atoms with Gasteiger partial charge in [-0.3, -0.25) is 0 Å². The van der Waals surface area contributed by atoms with E-state index in [1.807, 2.05) is 4.68 Å². The number of fused-ring (bicyclic) bond motifs is 3. The lowest BCUT2D eigenvalue weighted by Gasteiger charge is -2.16. The predicted molar refractivity (Wildman–Crippen MR) is 84.8 cm³/mol. The largest absolute Gasteiger partial charge is 0.243 e. The Kier molecular flexibility index (Phi) is 4.35. The van der Waals surface area contributed by atoms with Gasteiger partial charge >= 0.3 is 0 Å². The minimum absolute atomic E-state index is 0.831. The van der Waals surface area contributed by atoms with E-state index in [2.05, 4.69) is 53.3 Å². The van der Waals surface area contributed by atoms with E-state index in [1.165, 1.54) is 36.8 Å². The highest BCUT2D eigenvalue weighted by molar-refractivity contribution is 5.70. The molecular weight excluding hydrogens is 258 g/mol. The number of unbranched alkanes of at least 4 members (excludes halogenated alkanes) is 4. The molecule has 21 heavy (non-hydrogen) atoms. The van der Waals surface area contributed by atoms with E-state index in [4.69, 9.17) is 0 Å². The van der Waals surface area contributed by atoms with Crippen LogP contribution in [0.1, 0.15) is 50.3 Å². The third-order valence-electron chi connectivity index (χ3n) is 3.96. The van der Waals surface area contributed by atoms with E-state index in [-0.39, 0.29) is 0 Å². The highest BCUT2D eigenvalue weighted by atomic mass is 15.4. The molecule has 0 radical (unpaired) electrons. The Balaban J connectivity index is 1.78. The van der Waals surface area contributed by atoms with Crippen LogP contribution in [0, 0.1) is 11.8 Å². The summed E-state index contributed by atoms with van der Waals surface area (Å²) in [5.74, 6) is 6.49. The quantitative estimate of drug-likeness (QED) is 0.629. The van der Waals surface area contributed by atoms with Crippen LogP contribution in [0.25, 0.3) is 11.3 Å². The summed E-state index contributed by atoms with van der Waals surface area (Å²) in [6.45, 7) is 3.13. The lowest BCUT2D eigenvalue weighted by molar-refractivity contribution is 0.583. The number of hydrogen-bond donors (Lipinski definition) is 0. The molecule has 0 fully saturated rings. The Hall–Kier alpha value is -2.08. The number of benzene rings is 1. The maximum Gasteiger partial charge on any atom is 0.163 e. The number of hydrogen-bond acceptors (Lipinski definition) is 2. The van der Waals surface area contributed by atoms with Gasteiger partial charge in [0.15, 0.2) is 5.69 Å². The molecule has 0 atom stereocenters. The first kappa shape index (κ1) is 13.9. The molecular formula is C18H21N3. The smallest absolute Gasteiger partial charge is 0.163 e. The average Bonchev–Trinajstić information content (AvgIpc) is 2.94. The summed E-state index contributed by atoms with van der Waals surface area (Å²) in [7, 11) is 0. The van der Waals surface area contributed by atoms with Gasteiger partial charge in [-0.2, -0.15) is 0 Å². The first-order chi connectivity index (χ1) is 10.4. The first-order valence-corrected chi connectivity index (χ1v) is 7.91. The molecule has 108 valence electrons. The van der Waals surface area contributed by atoms with Crippen LogP contribution in [-0.4, -0.2) is 15.0 Å². The van der Waals surface area contributed by atoms with Gasteiger partial charge in [0, 0.05) is 18.5 Å². The number of nitrogens with zero attached hydrogens (tertiary/aromatic N) is 3. The van der Waals surface area contributed by atoms with Crippen molar-refractivity contribution < 1.29 is 0 Å². The van der Waals surface area contributed by atoms with Crippen molar-refractivity contribution in [3.05, 3.63) is 35.5 Å². The summed E-state index contributed by atoms with van der Waals surface area (Å²) in [6.07, 6.45) is 7.00. The fourth-order valence-corrected chi connectivity index (χ4v) is 2.80. The maximum absolute atomic E-state index is 4.27. The zero-order valence-electron chi connectivity index (χ0n) is 12.6. The van der Waals surface area contributed by atoms with Crippen LogP contribution in [-0.2, 0) is 13.0 Å². The molecule has 0 amide bonds. The average molecular weight is 279 g/mol. The van der Waals surface area contributed by atoms with E-state index < -0.39 is 0 Å². The number of aryl methyl sites for hydroxylation is 2. The van der Waals surface area contributed by atoms with Gasteiger partial charge in [0.1, 0.15) is 5.69 Å². The molecule has 0 unspecified atom stereocenters. The molecule has 1 aliphatic heterocycles. The van der Waals surface area contributed by atoms with Crippen LogP contribution in [0.3, 0.4) is 0 Å². The van der Waals surface area contributed by atoms with Gasteiger partial charge in [-0.15, -0.1) is 5.10 Å². The van der Waals surface area contributed by atoms with Gasteiger partial charge in [0.25, 0.3) is 0 Å². The minimum atomic E-state index is 0.831. The number of aromatic nitrogens is 3. The Labute approximate surface area is 126 Å². The van der Waals surface area contributed by atoms with Crippen LogP contribution < -0.4 is 0 Å². The van der Waals surface area contributed by atoms with Gasteiger partial charge in [0.2, 0.25) is 0 Å². The van der Waals surface area contributed by atoms with E-state index >= 15 is 0 Å². The van der Waals surface area contributed by atoms with Crippen LogP contribution >= 0.6 is 0 Å². The van der Waals surface area contributed by atoms with Crippen molar-refractivity contribution in [1.82, 2.24) is 15.0 Å². The van der Waals surface area contributed by atoms with Crippen molar-refractivity contribution in [1.29, 1.82) is 0 Å². The first-order valence-electron chi connectivity index (χ1n) is 7.91. The monoisotopic (exact) mass is 279 g/mol. The van der Waals surface area contributed by atoms with E-state index in [9.17, 15) is 0 Å². The van der Waals surface area contributed by atoms with Crippen LogP contribution in [0.5, 0.6) is 0 Å². The summed E-state index contributed by atoms with van der Waals surface area (Å²) >= 11 is 0. The Morgan fingerprint density at radius 2 is 2.10 bits per heavy atom. The fourth-order valence-electron chi connectivity index (χ4n) is 2.80. The highest BCUT2D eigenvalue weighted by Crippen LogP contribution is 2.30. The molecule has 1 aromatic heterocycles. The second-order valence-electron chi connectivity index (χ2n) is 5.53. The SMILES string of the molecule is CCCCCCC#Cc1nnn2c1-c1ccccc1CC2. The zero-order valence-corrected chi connectivity index (χ0v) is 12.6. The van der Waals surface area contributed by atoms with Crippen LogP contribution in [0.2, 0.25) is 0 Å². The lowest BCUT2D eigenvalue weighted by Crippen LogP contribution is -2.12. The predicted octanol–water partition coefficient (Wildman–Crippen LogP) is 3.82. The molecule has 3 nitrogen and oxygen atoms in total. The van der Waals surface area contributed by atoms with Crippen molar-refractivity contribution in [2.45, 2.75) is 52.0 Å². The summed E-state index contributed by atoms with van der Waals surface area (Å²) in [5.41, 5.74) is 4.54. The molecule has 0 saturated carbocycles. The summed E-state index contributed by atoms with van der Waals surface area (Å²) < 4.78 is 1.99. The van der Waals surface area contributed by atoms with Gasteiger partial charge in [-0.05, 0) is 24.3 Å². The van der Waals surface area contributed by atoms with Crippen LogP contribution in [0.15, 0.2) is 24.3 Å². The Morgan fingerprint density at radius 1 is 1.19 bits per heavy atom. The van der Waals surface area contributed by atoms with Crippen molar-refractivity contribution in [2.24, 2.45) is 0 Å². The van der Waals surface area contributed by atoms with Gasteiger partial charge < -0.3 is 0 Å². The van der Waals surface area contributed by atoms with Crippen molar-refractivity contribution in [3.63, 3.8) is 0 Å². The van der Waals surface area contributed by atoms with Gasteiger partial charge in [-0.25, -0.2) is 4.68 Å². The lowest BCUT2D eigenvalue weighted by atomic mass is 9.97.